The van der Waals surface area contributed by atoms with E-state index in [0.29, 0.717) is 12.8 Å². The first kappa shape index (κ1) is 28.6. The van der Waals surface area contributed by atoms with Gasteiger partial charge in [0.15, 0.2) is 5.78 Å². The van der Waals surface area contributed by atoms with Crippen LogP contribution in [0.3, 0.4) is 0 Å². The van der Waals surface area contributed by atoms with E-state index in [1.165, 1.54) is 6.92 Å². The molecule has 2 fully saturated rings. The predicted molar refractivity (Wildman–Crippen MR) is 125 cm³/mol. The number of nitrogens with one attached hydrogen (secondary N) is 1. The summed E-state index contributed by atoms with van der Waals surface area (Å²) in [5.41, 5.74) is -2.27. The summed E-state index contributed by atoms with van der Waals surface area (Å²) >= 11 is 5.47. The number of amides is 1. The third-order valence-corrected chi connectivity index (χ3v) is 8.21. The third kappa shape index (κ3) is 4.85. The van der Waals surface area contributed by atoms with Gasteiger partial charge in [0.2, 0.25) is 0 Å². The summed E-state index contributed by atoms with van der Waals surface area (Å²) in [5.74, 6) is -3.41. The van der Waals surface area contributed by atoms with Gasteiger partial charge in [-0.2, -0.15) is 0 Å². The molecule has 0 aromatic carbocycles. The molecule has 34 heavy (non-hydrogen) atoms. The molecule has 0 aromatic rings. The van der Waals surface area contributed by atoms with Gasteiger partial charge in [0.1, 0.15) is 11.7 Å². The Morgan fingerprint density at radius 1 is 1.26 bits per heavy atom. The Morgan fingerprint density at radius 3 is 2.44 bits per heavy atom. The number of rotatable bonds is 7. The van der Waals surface area contributed by atoms with E-state index in [1.54, 1.807) is 19.9 Å². The van der Waals surface area contributed by atoms with Crippen molar-refractivity contribution >= 4 is 29.4 Å². The Labute approximate surface area is 205 Å². The lowest BCUT2D eigenvalue weighted by Crippen LogP contribution is -2.77. The highest BCUT2D eigenvalue weighted by molar-refractivity contribution is 6.18. The van der Waals surface area contributed by atoms with E-state index >= 15 is 0 Å². The molecule has 0 heterocycles. The number of hydrogen-bond acceptors (Lipinski definition) is 8. The van der Waals surface area contributed by atoms with Crippen molar-refractivity contribution in [1.82, 2.24) is 5.48 Å². The molecular formula is C24H38ClNO8. The Bertz CT molecular complexity index is 804. The van der Waals surface area contributed by atoms with Crippen molar-refractivity contribution in [3.63, 3.8) is 0 Å². The van der Waals surface area contributed by atoms with Crippen molar-refractivity contribution in [2.45, 2.75) is 84.2 Å². The summed E-state index contributed by atoms with van der Waals surface area (Å²) in [5, 5.41) is 34.7. The van der Waals surface area contributed by atoms with Crippen LogP contribution in [0.4, 0.5) is 4.79 Å². The summed E-state index contributed by atoms with van der Waals surface area (Å²) < 4.78 is 5.42. The van der Waals surface area contributed by atoms with Crippen molar-refractivity contribution in [2.75, 3.05) is 5.88 Å². The van der Waals surface area contributed by atoms with Crippen LogP contribution in [0, 0.1) is 28.6 Å². The molecule has 2 saturated carbocycles. The number of hydroxylamine groups is 1. The molecule has 0 aliphatic heterocycles. The number of aliphatic hydroxyl groups excluding tert-OH is 2. The lowest BCUT2D eigenvalue weighted by Gasteiger charge is -2.66. The minimum Gasteiger partial charge on any atom is -0.441 e. The van der Waals surface area contributed by atoms with Gasteiger partial charge in [-0.05, 0) is 24.2 Å². The molecule has 1 amide bonds. The summed E-state index contributed by atoms with van der Waals surface area (Å²) in [6.07, 6.45) is -2.55. The molecular weight excluding hydrogens is 466 g/mol. The molecule has 0 spiro atoms. The summed E-state index contributed by atoms with van der Waals surface area (Å²) in [6.45, 7) is 12.4. The van der Waals surface area contributed by atoms with Crippen LogP contribution < -0.4 is 5.48 Å². The summed E-state index contributed by atoms with van der Waals surface area (Å²) in [6, 6.07) is 0. The Morgan fingerprint density at radius 2 is 1.88 bits per heavy atom. The van der Waals surface area contributed by atoms with Crippen molar-refractivity contribution in [3.8, 4) is 0 Å². The topological polar surface area (TPSA) is 142 Å². The van der Waals surface area contributed by atoms with Crippen LogP contribution in [-0.2, 0) is 19.2 Å². The van der Waals surface area contributed by atoms with Crippen molar-refractivity contribution in [1.29, 1.82) is 0 Å². The molecule has 4 N–H and O–H groups in total. The second kappa shape index (κ2) is 10.5. The lowest BCUT2D eigenvalue weighted by atomic mass is 9.41. The molecule has 9 nitrogen and oxygen atoms in total. The van der Waals surface area contributed by atoms with Gasteiger partial charge >= 0.3 is 12.1 Å². The second-order valence-corrected chi connectivity index (χ2v) is 11.0. The first-order chi connectivity index (χ1) is 15.7. The van der Waals surface area contributed by atoms with Crippen molar-refractivity contribution in [3.05, 3.63) is 12.7 Å². The smallest absolute Gasteiger partial charge is 0.441 e. The number of aliphatic hydroxyl groups is 3. The van der Waals surface area contributed by atoms with Crippen LogP contribution in [0.15, 0.2) is 12.7 Å². The number of ketones is 1. The van der Waals surface area contributed by atoms with Gasteiger partial charge in [-0.25, -0.2) is 9.59 Å². The number of alkyl halides is 1. The van der Waals surface area contributed by atoms with Crippen LogP contribution in [0.5, 0.6) is 0 Å². The molecule has 10 heteroatoms. The van der Waals surface area contributed by atoms with E-state index in [0.717, 1.165) is 0 Å². The fourth-order valence-electron chi connectivity index (χ4n) is 6.14. The fourth-order valence-corrected chi connectivity index (χ4v) is 6.29. The van der Waals surface area contributed by atoms with Crippen LogP contribution in [0.2, 0.25) is 0 Å². The van der Waals surface area contributed by atoms with E-state index < -0.39 is 64.4 Å². The van der Waals surface area contributed by atoms with E-state index in [1.807, 2.05) is 19.3 Å². The van der Waals surface area contributed by atoms with Gasteiger partial charge in [0, 0.05) is 29.6 Å². The zero-order valence-corrected chi connectivity index (χ0v) is 21.3. The van der Waals surface area contributed by atoms with Crippen LogP contribution in [0.25, 0.3) is 0 Å². The van der Waals surface area contributed by atoms with Gasteiger partial charge in [0.25, 0.3) is 0 Å². The number of fused-ring (bicyclic) bond motifs is 1. The molecule has 8 atom stereocenters. The van der Waals surface area contributed by atoms with Crippen LogP contribution >= 0.6 is 11.6 Å². The number of ether oxygens (including phenoxy) is 1. The molecule has 2 rings (SSSR count). The Balaban J connectivity index is 2.48. The standard InChI is InChI=1S/C24H38ClNO8/c1-7-13(2)12-16(28)24(32)14(3)19(33-21(31)26-34-17(29)9-11-25)18(30)20-22(4,5)10-8-15(27)23(20,24)6/h7,13-15,18-20,27,30,32H,1,8-12H2,2-6H3,(H,26,31)/t13-,14+,15+,18-,19-,20+,23+,24+/m1/s1. The fraction of sp³-hybridized carbons (Fsp3) is 0.792. The molecule has 194 valence electrons. The molecule has 0 bridgehead atoms. The maximum atomic E-state index is 13.6. The Kier molecular flexibility index (Phi) is 8.83. The molecule has 0 unspecified atom stereocenters. The second-order valence-electron chi connectivity index (χ2n) is 10.6. The first-order valence-corrected chi connectivity index (χ1v) is 12.2. The highest BCUT2D eigenvalue weighted by Gasteiger charge is 2.73. The van der Waals surface area contributed by atoms with E-state index in [2.05, 4.69) is 11.4 Å². The number of Topliss-reactive ketones (excluding diaryl/α,β-unsaturated/α-hetero) is 1. The third-order valence-electron chi connectivity index (χ3n) is 8.02. The average Bonchev–Trinajstić information content (AvgIpc) is 2.76. The number of hydrogen-bond donors (Lipinski definition) is 4. The van der Waals surface area contributed by atoms with Crippen molar-refractivity contribution < 1.29 is 39.3 Å². The number of allylic oxidation sites excluding steroid dienone is 1. The van der Waals surface area contributed by atoms with Crippen LogP contribution in [-0.4, -0.2) is 63.0 Å². The number of carbonyl (C=O) groups excluding carboxylic acids is 3. The van der Waals surface area contributed by atoms with Gasteiger partial charge in [-0.1, -0.05) is 40.7 Å². The normalized spacial score (nSPS) is 37.6. The Hall–Kier alpha value is -1.68. The lowest BCUT2D eigenvalue weighted by molar-refractivity contribution is -0.291. The zero-order valence-electron chi connectivity index (χ0n) is 20.5. The minimum atomic E-state index is -2.12. The van der Waals surface area contributed by atoms with Crippen molar-refractivity contribution in [2.24, 2.45) is 28.6 Å². The maximum absolute atomic E-state index is 13.6. The summed E-state index contributed by atoms with van der Waals surface area (Å²) in [4.78, 5) is 42.1. The highest BCUT2D eigenvalue weighted by atomic mass is 35.5. The zero-order chi connectivity index (χ0) is 26.1. The predicted octanol–water partition coefficient (Wildman–Crippen LogP) is 2.49. The van der Waals surface area contributed by atoms with Gasteiger partial charge in [0.05, 0.1) is 18.6 Å². The number of halogens is 1. The van der Waals surface area contributed by atoms with Gasteiger partial charge in [-0.3, -0.25) is 4.79 Å². The molecule has 2 aliphatic rings. The molecule has 2 aliphatic carbocycles. The summed E-state index contributed by atoms with van der Waals surface area (Å²) in [7, 11) is 0. The molecule has 0 saturated heterocycles. The van der Waals surface area contributed by atoms with Gasteiger partial charge in [-0.15, -0.1) is 23.7 Å². The maximum Gasteiger partial charge on any atom is 0.441 e. The minimum absolute atomic E-state index is 0.00385. The first-order valence-electron chi connectivity index (χ1n) is 11.6. The van der Waals surface area contributed by atoms with E-state index in [-0.39, 0.29) is 24.6 Å². The van der Waals surface area contributed by atoms with Crippen LogP contribution in [0.1, 0.15) is 60.3 Å². The number of carbonyl (C=O) groups is 3. The van der Waals surface area contributed by atoms with E-state index in [4.69, 9.17) is 16.3 Å². The highest BCUT2D eigenvalue weighted by Crippen LogP contribution is 2.63. The molecule has 0 radical (unpaired) electrons. The molecule has 0 aromatic heterocycles. The largest absolute Gasteiger partial charge is 0.441 e. The SMILES string of the molecule is C=C[C@@H](C)CC(=O)[C@@]1(O)[C@@H](C)[C@@H](OC(=O)NOC(=O)CCCl)[C@@H](O)[C@H]2C(C)(C)CC[C@H](O)[C@@]21C. The monoisotopic (exact) mass is 503 g/mol. The van der Waals surface area contributed by atoms with Gasteiger partial charge < -0.3 is 24.9 Å². The average molecular weight is 504 g/mol. The quantitative estimate of drug-likeness (QED) is 0.236. The van der Waals surface area contributed by atoms with E-state index in [9.17, 15) is 29.7 Å².